The summed E-state index contributed by atoms with van der Waals surface area (Å²) in [6.45, 7) is 4.51. The van der Waals surface area contributed by atoms with Crippen LogP contribution < -0.4 is 5.32 Å². The van der Waals surface area contributed by atoms with E-state index in [1.165, 1.54) is 12.1 Å². The van der Waals surface area contributed by atoms with Crippen molar-refractivity contribution >= 4 is 11.4 Å². The van der Waals surface area contributed by atoms with E-state index in [4.69, 9.17) is 0 Å². The van der Waals surface area contributed by atoms with Gasteiger partial charge < -0.3 is 5.32 Å². The van der Waals surface area contributed by atoms with E-state index >= 15 is 0 Å². The average Bonchev–Trinajstić information content (AvgIpc) is 2.77. The summed E-state index contributed by atoms with van der Waals surface area (Å²) in [6, 6.07) is 3.45. The molecule has 0 saturated heterocycles. The molecule has 2 rings (SSSR count). The summed E-state index contributed by atoms with van der Waals surface area (Å²) in [5.41, 5.74) is 2.04. The van der Waals surface area contributed by atoms with Crippen LogP contribution in [0.2, 0.25) is 0 Å². The van der Waals surface area contributed by atoms with Gasteiger partial charge in [-0.3, -0.25) is 14.8 Å². The number of nitro benzene ring substituents is 1. The topological polar surface area (TPSA) is 73.0 Å². The highest BCUT2D eigenvalue weighted by Gasteiger charge is 2.13. The fourth-order valence-corrected chi connectivity index (χ4v) is 2.16. The number of aryl methyl sites for hydroxylation is 1. The van der Waals surface area contributed by atoms with Gasteiger partial charge in [0.15, 0.2) is 0 Å². The van der Waals surface area contributed by atoms with Crippen molar-refractivity contribution in [2.45, 2.75) is 26.3 Å². The van der Waals surface area contributed by atoms with Crippen LogP contribution in [-0.4, -0.2) is 14.7 Å². The van der Waals surface area contributed by atoms with Gasteiger partial charge in [0.05, 0.1) is 16.7 Å². The van der Waals surface area contributed by atoms with E-state index in [1.54, 1.807) is 4.68 Å². The Balaban J connectivity index is 2.18. The van der Waals surface area contributed by atoms with Gasteiger partial charge in [-0.2, -0.15) is 5.10 Å². The van der Waals surface area contributed by atoms with E-state index in [1.807, 2.05) is 27.1 Å². The lowest BCUT2D eigenvalue weighted by Gasteiger charge is -2.08. The largest absolute Gasteiger partial charge is 0.381 e. The summed E-state index contributed by atoms with van der Waals surface area (Å²) in [5, 5.41) is 18.1. The number of halogens is 1. The maximum atomic E-state index is 13.4. The highest BCUT2D eigenvalue weighted by molar-refractivity contribution is 5.52. The van der Waals surface area contributed by atoms with Crippen molar-refractivity contribution in [3.05, 3.63) is 51.6 Å². The first-order valence-electron chi connectivity index (χ1n) is 6.58. The van der Waals surface area contributed by atoms with Crippen molar-refractivity contribution in [2.24, 2.45) is 7.05 Å². The molecule has 0 atom stereocenters. The predicted octanol–water partition coefficient (Wildman–Crippen LogP) is 3.20. The lowest BCUT2D eigenvalue weighted by molar-refractivity contribution is -0.385. The van der Waals surface area contributed by atoms with Crippen molar-refractivity contribution < 1.29 is 9.31 Å². The predicted molar refractivity (Wildman–Crippen MR) is 77.7 cm³/mol. The molecule has 6 nitrogen and oxygen atoms in total. The van der Waals surface area contributed by atoms with Gasteiger partial charge in [-0.25, -0.2) is 4.39 Å². The second-order valence-electron chi connectivity index (χ2n) is 5.18. The first-order valence-corrected chi connectivity index (χ1v) is 6.58. The molecule has 0 saturated carbocycles. The summed E-state index contributed by atoms with van der Waals surface area (Å²) in [6.07, 6.45) is 1.88. The van der Waals surface area contributed by atoms with Crippen LogP contribution in [0.5, 0.6) is 0 Å². The number of hydrogen-bond donors (Lipinski definition) is 1. The molecule has 2 aromatic rings. The van der Waals surface area contributed by atoms with E-state index < -0.39 is 10.7 Å². The zero-order valence-corrected chi connectivity index (χ0v) is 12.1. The summed E-state index contributed by atoms with van der Waals surface area (Å²) in [5.74, 6) is -0.369. The molecule has 0 bridgehead atoms. The fourth-order valence-electron chi connectivity index (χ4n) is 2.16. The molecule has 0 aliphatic heterocycles. The Hall–Kier alpha value is -2.44. The standard InChI is InChI=1S/C14H17FN4O2/c1-9(2)14-10(8-18(3)17-14)7-16-12-4-11(15)5-13(6-12)19(20)21/h4-6,8-9,16H,7H2,1-3H3. The van der Waals surface area contributed by atoms with Crippen LogP contribution in [0.3, 0.4) is 0 Å². The number of aromatic nitrogens is 2. The third-order valence-electron chi connectivity index (χ3n) is 3.06. The molecule has 0 aliphatic carbocycles. The average molecular weight is 292 g/mol. The van der Waals surface area contributed by atoms with Gasteiger partial charge in [-0.05, 0) is 12.0 Å². The second kappa shape index (κ2) is 5.90. The van der Waals surface area contributed by atoms with Gasteiger partial charge in [0, 0.05) is 37.1 Å². The van der Waals surface area contributed by atoms with Gasteiger partial charge in [0.2, 0.25) is 0 Å². The van der Waals surface area contributed by atoms with Crippen LogP contribution in [0.4, 0.5) is 15.8 Å². The van der Waals surface area contributed by atoms with Crippen LogP contribution in [0.25, 0.3) is 0 Å². The van der Waals surface area contributed by atoms with Crippen molar-refractivity contribution in [3.8, 4) is 0 Å². The first kappa shape index (κ1) is 15.0. The van der Waals surface area contributed by atoms with Crippen molar-refractivity contribution in [1.82, 2.24) is 9.78 Å². The molecule has 0 amide bonds. The van der Waals surface area contributed by atoms with Gasteiger partial charge in [-0.15, -0.1) is 0 Å². The van der Waals surface area contributed by atoms with Crippen LogP contribution in [0, 0.1) is 15.9 Å². The van der Waals surface area contributed by atoms with E-state index in [0.717, 1.165) is 17.3 Å². The molecule has 1 N–H and O–H groups in total. The Morgan fingerprint density at radius 1 is 1.43 bits per heavy atom. The van der Waals surface area contributed by atoms with E-state index in [9.17, 15) is 14.5 Å². The molecule has 7 heteroatoms. The molecule has 1 aromatic carbocycles. The molecule has 0 radical (unpaired) electrons. The molecular formula is C14H17FN4O2. The zero-order chi connectivity index (χ0) is 15.6. The van der Waals surface area contributed by atoms with E-state index in [2.05, 4.69) is 10.4 Å². The van der Waals surface area contributed by atoms with Crippen molar-refractivity contribution in [3.63, 3.8) is 0 Å². The minimum absolute atomic E-state index is 0.268. The minimum Gasteiger partial charge on any atom is -0.381 e. The maximum absolute atomic E-state index is 13.4. The number of non-ortho nitro benzene ring substituents is 1. The normalized spacial score (nSPS) is 10.9. The van der Waals surface area contributed by atoms with Crippen LogP contribution in [0.15, 0.2) is 24.4 Å². The zero-order valence-electron chi connectivity index (χ0n) is 12.1. The fraction of sp³-hybridized carbons (Fsp3) is 0.357. The Kier molecular flexibility index (Phi) is 4.21. The molecular weight excluding hydrogens is 275 g/mol. The number of nitrogens with one attached hydrogen (secondary N) is 1. The first-order chi connectivity index (χ1) is 9.86. The number of anilines is 1. The third-order valence-corrected chi connectivity index (χ3v) is 3.06. The summed E-state index contributed by atoms with van der Waals surface area (Å²) in [4.78, 5) is 10.1. The van der Waals surface area contributed by atoms with Gasteiger partial charge in [-0.1, -0.05) is 13.8 Å². The van der Waals surface area contributed by atoms with Crippen molar-refractivity contribution in [1.29, 1.82) is 0 Å². The SMILES string of the molecule is CC(C)c1nn(C)cc1CNc1cc(F)cc([N+](=O)[O-])c1. The lowest BCUT2D eigenvalue weighted by atomic mass is 10.1. The van der Waals surface area contributed by atoms with Crippen molar-refractivity contribution in [2.75, 3.05) is 5.32 Å². The third kappa shape index (κ3) is 3.56. The number of nitro groups is 1. The Labute approximate surface area is 121 Å². The van der Waals surface area contributed by atoms with E-state index in [0.29, 0.717) is 12.2 Å². The monoisotopic (exact) mass is 292 g/mol. The van der Waals surface area contributed by atoms with Crippen LogP contribution >= 0.6 is 0 Å². The van der Waals surface area contributed by atoms with Gasteiger partial charge in [0.25, 0.3) is 5.69 Å². The summed E-state index contributed by atoms with van der Waals surface area (Å²) < 4.78 is 15.1. The Morgan fingerprint density at radius 3 is 2.76 bits per heavy atom. The quantitative estimate of drug-likeness (QED) is 0.678. The molecule has 0 spiro atoms. The minimum atomic E-state index is -0.637. The molecule has 0 unspecified atom stereocenters. The smallest absolute Gasteiger partial charge is 0.274 e. The Morgan fingerprint density at radius 2 is 2.14 bits per heavy atom. The molecule has 21 heavy (non-hydrogen) atoms. The molecule has 112 valence electrons. The molecule has 1 heterocycles. The summed E-state index contributed by atoms with van der Waals surface area (Å²) in [7, 11) is 1.84. The van der Waals surface area contributed by atoms with Crippen LogP contribution in [0.1, 0.15) is 31.0 Å². The number of benzene rings is 1. The maximum Gasteiger partial charge on any atom is 0.274 e. The number of hydrogen-bond acceptors (Lipinski definition) is 4. The molecule has 0 aliphatic rings. The lowest BCUT2D eigenvalue weighted by Crippen LogP contribution is -2.03. The number of nitrogens with zero attached hydrogens (tertiary/aromatic N) is 3. The van der Waals surface area contributed by atoms with Gasteiger partial charge in [0.1, 0.15) is 5.82 Å². The molecule has 1 aromatic heterocycles. The number of rotatable bonds is 5. The highest BCUT2D eigenvalue weighted by Crippen LogP contribution is 2.22. The summed E-state index contributed by atoms with van der Waals surface area (Å²) >= 11 is 0. The molecule has 0 fully saturated rings. The Bertz CT molecular complexity index is 667. The second-order valence-corrected chi connectivity index (χ2v) is 5.18. The highest BCUT2D eigenvalue weighted by atomic mass is 19.1. The van der Waals surface area contributed by atoms with Gasteiger partial charge >= 0.3 is 0 Å². The van der Waals surface area contributed by atoms with Crippen LogP contribution in [-0.2, 0) is 13.6 Å². The van der Waals surface area contributed by atoms with E-state index in [-0.39, 0.29) is 11.6 Å².